The minimum absolute atomic E-state index is 0.146. The number of aromatic nitrogens is 4. The van der Waals surface area contributed by atoms with Crippen LogP contribution in [0.1, 0.15) is 39.8 Å². The third-order valence-corrected chi connectivity index (χ3v) is 6.30. The van der Waals surface area contributed by atoms with Crippen molar-refractivity contribution in [3.8, 4) is 0 Å². The van der Waals surface area contributed by atoms with E-state index < -0.39 is 0 Å². The summed E-state index contributed by atoms with van der Waals surface area (Å²) in [6.07, 6.45) is 4.04. The first-order valence-corrected chi connectivity index (χ1v) is 11.3. The first-order chi connectivity index (χ1) is 15.8. The largest absolute Gasteiger partial charge is 0.351 e. The van der Waals surface area contributed by atoms with Crippen LogP contribution < -0.4 is 9.80 Å². The summed E-state index contributed by atoms with van der Waals surface area (Å²) >= 11 is 0. The Hall–Kier alpha value is -3.55. The van der Waals surface area contributed by atoms with Crippen LogP contribution in [0.3, 0.4) is 0 Å². The molecule has 1 amide bonds. The van der Waals surface area contributed by atoms with Crippen molar-refractivity contribution >= 4 is 17.5 Å². The van der Waals surface area contributed by atoms with E-state index in [1.54, 1.807) is 26.5 Å². The number of piperazine rings is 1. The molecule has 0 N–H and O–H groups in total. The Bertz CT molecular complexity index is 1120. The Kier molecular flexibility index (Phi) is 6.53. The van der Waals surface area contributed by atoms with Gasteiger partial charge in [-0.3, -0.25) is 4.79 Å². The van der Waals surface area contributed by atoms with Gasteiger partial charge in [-0.2, -0.15) is 5.10 Å². The summed E-state index contributed by atoms with van der Waals surface area (Å²) in [5.41, 5.74) is 5.00. The highest BCUT2D eigenvalue weighted by Crippen LogP contribution is 2.26. The molecule has 1 aliphatic heterocycles. The molecular weight excluding hydrogens is 414 g/mol. The lowest BCUT2D eigenvalue weighted by molar-refractivity contribution is 0.0821. The van der Waals surface area contributed by atoms with Gasteiger partial charge in [0.15, 0.2) is 5.82 Å². The molecule has 0 unspecified atom stereocenters. The molecule has 0 aliphatic carbocycles. The zero-order valence-corrected chi connectivity index (χ0v) is 20.0. The van der Waals surface area contributed by atoms with Gasteiger partial charge in [0.05, 0.1) is 18.1 Å². The Balaban J connectivity index is 1.46. The van der Waals surface area contributed by atoms with Crippen molar-refractivity contribution in [2.24, 2.45) is 0 Å². The molecule has 3 heterocycles. The average Bonchev–Trinajstić information content (AvgIpc) is 2.82. The topological polar surface area (TPSA) is 78.4 Å². The molecule has 0 saturated carbocycles. The smallest absolute Gasteiger partial charge is 0.273 e. The van der Waals surface area contributed by atoms with E-state index in [1.165, 1.54) is 21.6 Å². The molecule has 8 nitrogen and oxygen atoms in total. The molecule has 0 radical (unpaired) electrons. The van der Waals surface area contributed by atoms with Crippen molar-refractivity contribution < 1.29 is 4.79 Å². The summed E-state index contributed by atoms with van der Waals surface area (Å²) in [4.78, 5) is 26.9. The third-order valence-electron chi connectivity index (χ3n) is 6.30. The summed E-state index contributed by atoms with van der Waals surface area (Å²) in [5.74, 6) is 1.59. The van der Waals surface area contributed by atoms with Crippen LogP contribution in [0, 0.1) is 13.8 Å². The zero-order chi connectivity index (χ0) is 23.5. The minimum Gasteiger partial charge on any atom is -0.351 e. The predicted octanol–water partition coefficient (Wildman–Crippen LogP) is 2.89. The highest BCUT2D eigenvalue weighted by molar-refractivity contribution is 5.91. The van der Waals surface area contributed by atoms with Gasteiger partial charge >= 0.3 is 0 Å². The highest BCUT2D eigenvalue weighted by atomic mass is 16.2. The van der Waals surface area contributed by atoms with Gasteiger partial charge in [-0.15, -0.1) is 5.10 Å². The Labute approximate surface area is 195 Å². The molecule has 0 spiro atoms. The third kappa shape index (κ3) is 4.79. The lowest BCUT2D eigenvalue weighted by Crippen LogP contribution is -2.53. The van der Waals surface area contributed by atoms with Crippen LogP contribution in [0.4, 0.5) is 11.6 Å². The molecule has 3 aromatic rings. The van der Waals surface area contributed by atoms with Gasteiger partial charge in [0, 0.05) is 46.2 Å². The number of hydrogen-bond donors (Lipinski definition) is 0. The van der Waals surface area contributed by atoms with Gasteiger partial charge in [0.1, 0.15) is 11.5 Å². The van der Waals surface area contributed by atoms with Crippen LogP contribution in [0.25, 0.3) is 0 Å². The molecule has 8 heteroatoms. The number of hydrogen-bond acceptors (Lipinski definition) is 7. The second kappa shape index (κ2) is 9.52. The molecule has 1 aromatic carbocycles. The Morgan fingerprint density at radius 2 is 1.79 bits per heavy atom. The van der Waals surface area contributed by atoms with Gasteiger partial charge in [0.2, 0.25) is 0 Å². The van der Waals surface area contributed by atoms with Crippen molar-refractivity contribution in [2.45, 2.75) is 33.2 Å². The van der Waals surface area contributed by atoms with E-state index in [9.17, 15) is 4.79 Å². The molecule has 1 saturated heterocycles. The number of carbonyl (C=O) groups is 1. The van der Waals surface area contributed by atoms with Gasteiger partial charge in [0.25, 0.3) is 5.91 Å². The maximum Gasteiger partial charge on any atom is 0.273 e. The number of benzene rings is 1. The molecule has 1 atom stereocenters. The monoisotopic (exact) mass is 445 g/mol. The second-order valence-electron chi connectivity index (χ2n) is 8.83. The lowest BCUT2D eigenvalue weighted by Gasteiger charge is -2.41. The van der Waals surface area contributed by atoms with E-state index in [4.69, 9.17) is 0 Å². The van der Waals surface area contributed by atoms with E-state index in [0.717, 1.165) is 43.4 Å². The van der Waals surface area contributed by atoms with Crippen LogP contribution in [0.5, 0.6) is 0 Å². The van der Waals surface area contributed by atoms with E-state index in [1.807, 2.05) is 6.07 Å². The fourth-order valence-electron chi connectivity index (χ4n) is 4.20. The molecule has 1 aliphatic rings. The average molecular weight is 446 g/mol. The zero-order valence-electron chi connectivity index (χ0n) is 20.0. The summed E-state index contributed by atoms with van der Waals surface area (Å²) in [7, 11) is 3.42. The van der Waals surface area contributed by atoms with Crippen molar-refractivity contribution in [1.82, 2.24) is 25.1 Å². The number of amides is 1. The van der Waals surface area contributed by atoms with Gasteiger partial charge in [-0.25, -0.2) is 9.97 Å². The van der Waals surface area contributed by atoms with Crippen LogP contribution in [0.2, 0.25) is 0 Å². The summed E-state index contributed by atoms with van der Waals surface area (Å²) in [5, 5.41) is 9.21. The molecule has 33 heavy (non-hydrogen) atoms. The quantitative estimate of drug-likeness (QED) is 0.597. The standard InChI is InChI=1S/C25H31N7O/c1-17-16-31(11-12-32(17)23-15-26-22(14-27-23)25(33)30(4)5)24-19(3)18(2)21(28-29-24)13-20-9-7-6-8-10-20/h6-10,14-15,17H,11-13,16H2,1-5H3/t17-/m1/s1. The van der Waals surface area contributed by atoms with E-state index in [0.29, 0.717) is 5.69 Å². The Morgan fingerprint density at radius 1 is 1.03 bits per heavy atom. The number of carbonyl (C=O) groups excluding carboxylic acids is 1. The first-order valence-electron chi connectivity index (χ1n) is 11.3. The summed E-state index contributed by atoms with van der Waals surface area (Å²) < 4.78 is 0. The van der Waals surface area contributed by atoms with Crippen molar-refractivity contribution in [2.75, 3.05) is 43.5 Å². The molecule has 4 rings (SSSR count). The first kappa shape index (κ1) is 22.6. The van der Waals surface area contributed by atoms with Crippen LogP contribution >= 0.6 is 0 Å². The van der Waals surface area contributed by atoms with E-state index in [-0.39, 0.29) is 11.9 Å². The van der Waals surface area contributed by atoms with Gasteiger partial charge in [-0.05, 0) is 37.5 Å². The van der Waals surface area contributed by atoms with Gasteiger partial charge < -0.3 is 14.7 Å². The molecular formula is C25H31N7O. The van der Waals surface area contributed by atoms with Gasteiger partial charge in [-0.1, -0.05) is 30.3 Å². The normalized spacial score (nSPS) is 16.1. The predicted molar refractivity (Wildman–Crippen MR) is 130 cm³/mol. The summed E-state index contributed by atoms with van der Waals surface area (Å²) in [6.45, 7) is 8.87. The van der Waals surface area contributed by atoms with Crippen LogP contribution in [0.15, 0.2) is 42.7 Å². The summed E-state index contributed by atoms with van der Waals surface area (Å²) in [6, 6.07) is 10.6. The van der Waals surface area contributed by atoms with Crippen LogP contribution in [-0.4, -0.2) is 70.7 Å². The molecule has 172 valence electrons. The molecule has 1 fully saturated rings. The minimum atomic E-state index is -0.146. The maximum absolute atomic E-state index is 12.1. The fourth-order valence-corrected chi connectivity index (χ4v) is 4.20. The number of nitrogens with zero attached hydrogens (tertiary/aromatic N) is 7. The van der Waals surface area contributed by atoms with E-state index in [2.05, 4.69) is 75.0 Å². The Morgan fingerprint density at radius 3 is 2.42 bits per heavy atom. The lowest BCUT2D eigenvalue weighted by atomic mass is 10.0. The number of rotatable bonds is 5. The number of anilines is 2. The van der Waals surface area contributed by atoms with Crippen molar-refractivity contribution in [1.29, 1.82) is 0 Å². The van der Waals surface area contributed by atoms with Crippen LogP contribution in [-0.2, 0) is 6.42 Å². The molecule has 0 bridgehead atoms. The second-order valence-corrected chi connectivity index (χ2v) is 8.83. The van der Waals surface area contributed by atoms with Crippen molar-refractivity contribution in [3.63, 3.8) is 0 Å². The van der Waals surface area contributed by atoms with Crippen molar-refractivity contribution in [3.05, 3.63) is 70.8 Å². The van der Waals surface area contributed by atoms with E-state index >= 15 is 0 Å². The highest BCUT2D eigenvalue weighted by Gasteiger charge is 2.27. The maximum atomic E-state index is 12.1. The fraction of sp³-hybridized carbons (Fsp3) is 0.400. The molecule has 2 aromatic heterocycles. The SMILES string of the molecule is Cc1c(Cc2ccccc2)nnc(N2CCN(c3cnc(C(=O)N(C)C)cn3)[C@H](C)C2)c1C.